The first-order valence-corrected chi connectivity index (χ1v) is 14.3. The molecule has 39 heavy (non-hydrogen) atoms. The van der Waals surface area contributed by atoms with Crippen molar-refractivity contribution in [1.29, 1.82) is 0 Å². The van der Waals surface area contributed by atoms with Gasteiger partial charge in [-0.25, -0.2) is 4.31 Å². The summed E-state index contributed by atoms with van der Waals surface area (Å²) in [5.41, 5.74) is 3.17. The van der Waals surface area contributed by atoms with Crippen molar-refractivity contribution in [2.24, 2.45) is 0 Å². The zero-order valence-corrected chi connectivity index (χ0v) is 24.1. The highest BCUT2D eigenvalue weighted by molar-refractivity contribution is 7.90. The molecule has 8 nitrogen and oxygen atoms in total. The highest BCUT2D eigenvalue weighted by Gasteiger charge is 2.34. The molecule has 0 aliphatic rings. The number of hydrogen-bond donors (Lipinski definition) is 1. The average Bonchev–Trinajstić information content (AvgIpc) is 2.90. The highest BCUT2D eigenvalue weighted by atomic mass is 32.2. The normalized spacial score (nSPS) is 12.3. The van der Waals surface area contributed by atoms with Crippen molar-refractivity contribution in [3.8, 4) is 0 Å². The fraction of sp³-hybridized carbons (Fsp3) is 0.333. The number of aryl methyl sites for hydroxylation is 1. The second-order valence-corrected chi connectivity index (χ2v) is 12.1. The maximum absolute atomic E-state index is 14.1. The van der Waals surface area contributed by atoms with Gasteiger partial charge in [0.25, 0.3) is 0 Å². The van der Waals surface area contributed by atoms with Gasteiger partial charge in [-0.3, -0.25) is 9.59 Å². The summed E-state index contributed by atoms with van der Waals surface area (Å²) in [7, 11) is -1.15. The third-order valence-corrected chi connectivity index (χ3v) is 8.06. The Labute approximate surface area is 232 Å². The van der Waals surface area contributed by atoms with E-state index in [1.165, 1.54) is 19.0 Å². The van der Waals surface area contributed by atoms with Gasteiger partial charge in [0.05, 0.1) is 5.69 Å². The van der Waals surface area contributed by atoms with Crippen LogP contribution in [-0.2, 0) is 32.8 Å². The molecule has 0 saturated carbocycles. The topological polar surface area (TPSA) is 90.0 Å². The number of nitrogens with zero attached hydrogens (tertiary/aromatic N) is 3. The smallest absolute Gasteiger partial charge is 0.304 e. The second kappa shape index (κ2) is 13.4. The monoisotopic (exact) mass is 550 g/mol. The maximum Gasteiger partial charge on any atom is 0.304 e. The van der Waals surface area contributed by atoms with E-state index in [0.29, 0.717) is 5.69 Å². The Kier molecular flexibility index (Phi) is 10.3. The van der Waals surface area contributed by atoms with Crippen LogP contribution in [0.2, 0.25) is 0 Å². The Balaban J connectivity index is 2.07. The molecular weight excluding hydrogens is 512 g/mol. The predicted octanol–water partition coefficient (Wildman–Crippen LogP) is 3.77. The molecule has 1 N–H and O–H groups in total. The molecule has 2 amide bonds. The van der Waals surface area contributed by atoms with Crippen LogP contribution >= 0.6 is 0 Å². The van der Waals surface area contributed by atoms with Crippen molar-refractivity contribution in [2.75, 3.05) is 24.9 Å². The van der Waals surface area contributed by atoms with Crippen LogP contribution in [0.4, 0.5) is 5.69 Å². The van der Waals surface area contributed by atoms with Crippen LogP contribution in [0.3, 0.4) is 0 Å². The number of rotatable bonds is 12. The van der Waals surface area contributed by atoms with Crippen molar-refractivity contribution >= 4 is 27.7 Å². The molecule has 3 aromatic carbocycles. The van der Waals surface area contributed by atoms with Crippen LogP contribution < -0.4 is 9.62 Å². The van der Waals surface area contributed by atoms with E-state index in [2.05, 4.69) is 5.32 Å². The second-order valence-electron chi connectivity index (χ2n) is 10.0. The molecule has 0 saturated heterocycles. The average molecular weight is 551 g/mol. The van der Waals surface area contributed by atoms with Crippen molar-refractivity contribution in [2.45, 2.75) is 45.8 Å². The minimum atomic E-state index is -4.00. The van der Waals surface area contributed by atoms with Gasteiger partial charge in [0.2, 0.25) is 11.8 Å². The molecule has 0 aromatic heterocycles. The Bertz CT molecular complexity index is 1330. The summed E-state index contributed by atoms with van der Waals surface area (Å²) in [6.07, 6.45) is 0.281. The number of para-hydroxylation sites is 1. The van der Waals surface area contributed by atoms with E-state index in [9.17, 15) is 18.0 Å². The number of hydrogen-bond acceptors (Lipinski definition) is 4. The molecule has 208 valence electrons. The van der Waals surface area contributed by atoms with Crippen molar-refractivity contribution < 1.29 is 18.0 Å². The van der Waals surface area contributed by atoms with Crippen molar-refractivity contribution in [3.05, 3.63) is 102 Å². The standard InChI is InChI=1S/C30H38N4O4S/c1-23(2)31-30(36)28(20-25-12-8-6-9-13-25)33(21-26-18-16-24(3)17-19-26)29(35)22-34(39(37,38)32(4)5)27-14-10-7-11-15-27/h6-19,23,28H,20-22H2,1-5H3,(H,31,36)/t28-/m1/s1. The van der Waals surface area contributed by atoms with Gasteiger partial charge in [0, 0.05) is 33.1 Å². The lowest BCUT2D eigenvalue weighted by Gasteiger charge is -2.34. The number of benzene rings is 3. The fourth-order valence-corrected chi connectivity index (χ4v) is 5.19. The molecule has 9 heteroatoms. The van der Waals surface area contributed by atoms with E-state index in [1.54, 1.807) is 30.3 Å². The third kappa shape index (κ3) is 8.15. The fourth-order valence-electron chi connectivity index (χ4n) is 4.14. The molecule has 0 radical (unpaired) electrons. The molecule has 0 fully saturated rings. The number of carbonyl (C=O) groups is 2. The SMILES string of the molecule is Cc1ccc(CN(C(=O)CN(c2ccccc2)S(=O)(=O)N(C)C)[C@H](Cc2ccccc2)C(=O)NC(C)C)cc1. The summed E-state index contributed by atoms with van der Waals surface area (Å²) in [5, 5.41) is 2.95. The molecule has 0 aliphatic carbocycles. The number of carbonyl (C=O) groups excluding carboxylic acids is 2. The summed E-state index contributed by atoms with van der Waals surface area (Å²) in [4.78, 5) is 29.2. The van der Waals surface area contributed by atoms with E-state index in [1.807, 2.05) is 75.4 Å². The lowest BCUT2D eigenvalue weighted by Crippen LogP contribution is -2.55. The molecule has 1 atom stereocenters. The predicted molar refractivity (Wildman–Crippen MR) is 155 cm³/mol. The summed E-state index contributed by atoms with van der Waals surface area (Å²) in [5.74, 6) is -0.777. The summed E-state index contributed by atoms with van der Waals surface area (Å²) in [6, 6.07) is 24.7. The van der Waals surface area contributed by atoms with Gasteiger partial charge in [-0.1, -0.05) is 78.4 Å². The lowest BCUT2D eigenvalue weighted by molar-refractivity contribution is -0.140. The number of anilines is 1. The Hall–Kier alpha value is -3.69. The van der Waals surface area contributed by atoms with E-state index in [4.69, 9.17) is 0 Å². The molecule has 0 bridgehead atoms. The number of nitrogens with one attached hydrogen (secondary N) is 1. The quantitative estimate of drug-likeness (QED) is 0.372. The van der Waals surface area contributed by atoms with Crippen LogP contribution in [0.15, 0.2) is 84.9 Å². The summed E-state index contributed by atoms with van der Waals surface area (Å²) >= 11 is 0. The van der Waals surface area contributed by atoms with Gasteiger partial charge >= 0.3 is 10.2 Å². The zero-order chi connectivity index (χ0) is 28.6. The third-order valence-electron chi connectivity index (χ3n) is 6.24. The van der Waals surface area contributed by atoms with E-state index in [-0.39, 0.29) is 24.9 Å². The van der Waals surface area contributed by atoms with E-state index >= 15 is 0 Å². The van der Waals surface area contributed by atoms with Crippen molar-refractivity contribution in [3.63, 3.8) is 0 Å². The summed E-state index contributed by atoms with van der Waals surface area (Å²) < 4.78 is 28.8. The van der Waals surface area contributed by atoms with Crippen LogP contribution in [0.1, 0.15) is 30.5 Å². The van der Waals surface area contributed by atoms with Crippen LogP contribution in [0.5, 0.6) is 0 Å². The Morgan fingerprint density at radius 1 is 0.821 bits per heavy atom. The zero-order valence-electron chi connectivity index (χ0n) is 23.2. The van der Waals surface area contributed by atoms with Gasteiger partial charge in [-0.05, 0) is 44.0 Å². The van der Waals surface area contributed by atoms with Gasteiger partial charge in [0.1, 0.15) is 12.6 Å². The van der Waals surface area contributed by atoms with E-state index in [0.717, 1.165) is 25.3 Å². The summed E-state index contributed by atoms with van der Waals surface area (Å²) in [6.45, 7) is 5.39. The molecule has 0 heterocycles. The maximum atomic E-state index is 14.1. The number of amides is 2. The first-order chi connectivity index (χ1) is 18.5. The Morgan fingerprint density at radius 3 is 1.92 bits per heavy atom. The van der Waals surface area contributed by atoms with Gasteiger partial charge in [-0.15, -0.1) is 0 Å². The molecular formula is C30H38N4O4S. The molecule has 3 rings (SSSR count). The van der Waals surface area contributed by atoms with Gasteiger partial charge in [0.15, 0.2) is 0 Å². The van der Waals surface area contributed by atoms with Crippen LogP contribution in [-0.4, -0.2) is 62.2 Å². The Morgan fingerprint density at radius 2 is 1.38 bits per heavy atom. The van der Waals surface area contributed by atoms with Crippen LogP contribution in [0.25, 0.3) is 0 Å². The first-order valence-electron chi connectivity index (χ1n) is 12.9. The molecule has 0 unspecified atom stereocenters. The van der Waals surface area contributed by atoms with Gasteiger partial charge in [-0.2, -0.15) is 12.7 Å². The lowest BCUT2D eigenvalue weighted by atomic mass is 10.0. The van der Waals surface area contributed by atoms with Crippen molar-refractivity contribution in [1.82, 2.24) is 14.5 Å². The molecule has 0 aliphatic heterocycles. The minimum absolute atomic E-state index is 0.137. The first kappa shape index (κ1) is 29.9. The van der Waals surface area contributed by atoms with E-state index < -0.39 is 28.7 Å². The molecule has 0 spiro atoms. The van der Waals surface area contributed by atoms with Crippen LogP contribution in [0, 0.1) is 6.92 Å². The molecule has 3 aromatic rings. The highest BCUT2D eigenvalue weighted by Crippen LogP contribution is 2.21. The largest absolute Gasteiger partial charge is 0.352 e. The van der Waals surface area contributed by atoms with Gasteiger partial charge < -0.3 is 10.2 Å². The minimum Gasteiger partial charge on any atom is -0.352 e.